The Morgan fingerprint density at radius 1 is 1.18 bits per heavy atom. The fourth-order valence-electron chi connectivity index (χ4n) is 1.69. The van der Waals surface area contributed by atoms with Gasteiger partial charge in [-0.1, -0.05) is 26.0 Å². The summed E-state index contributed by atoms with van der Waals surface area (Å²) >= 11 is 0. The molecule has 2 atom stereocenters. The van der Waals surface area contributed by atoms with E-state index >= 15 is 0 Å². The van der Waals surface area contributed by atoms with E-state index < -0.39 is 6.10 Å². The van der Waals surface area contributed by atoms with Gasteiger partial charge in [0.15, 0.2) is 0 Å². The van der Waals surface area contributed by atoms with Crippen LogP contribution < -0.4 is 10.5 Å². The Labute approximate surface area is 104 Å². The first-order chi connectivity index (χ1) is 8.04. The van der Waals surface area contributed by atoms with Crippen LogP contribution in [0.1, 0.15) is 32.3 Å². The van der Waals surface area contributed by atoms with Crippen molar-refractivity contribution >= 4 is 0 Å². The summed E-state index contributed by atoms with van der Waals surface area (Å²) in [7, 11) is 0. The summed E-state index contributed by atoms with van der Waals surface area (Å²) < 4.78 is 5.60. The SMILES string of the molecule is CC(C)COc1ccc(C(CN)C(C)O)cc1. The molecule has 0 aliphatic heterocycles. The molecule has 96 valence electrons. The summed E-state index contributed by atoms with van der Waals surface area (Å²) in [6.45, 7) is 7.17. The Bertz CT molecular complexity index is 319. The molecule has 3 nitrogen and oxygen atoms in total. The first kappa shape index (κ1) is 14.0. The first-order valence-corrected chi connectivity index (χ1v) is 6.15. The van der Waals surface area contributed by atoms with Gasteiger partial charge in [-0.05, 0) is 30.5 Å². The van der Waals surface area contributed by atoms with E-state index in [4.69, 9.17) is 10.5 Å². The lowest BCUT2D eigenvalue weighted by molar-refractivity contribution is 0.164. The number of aliphatic hydroxyl groups excluding tert-OH is 1. The van der Waals surface area contributed by atoms with E-state index in [-0.39, 0.29) is 5.92 Å². The summed E-state index contributed by atoms with van der Waals surface area (Å²) in [6, 6.07) is 7.81. The molecule has 0 spiro atoms. The highest BCUT2D eigenvalue weighted by Gasteiger charge is 2.15. The molecule has 0 aliphatic carbocycles. The predicted molar refractivity (Wildman–Crippen MR) is 70.3 cm³/mol. The van der Waals surface area contributed by atoms with Gasteiger partial charge in [0.25, 0.3) is 0 Å². The van der Waals surface area contributed by atoms with Crippen LogP contribution >= 0.6 is 0 Å². The average Bonchev–Trinajstić information content (AvgIpc) is 2.28. The minimum absolute atomic E-state index is 0.00542. The molecule has 17 heavy (non-hydrogen) atoms. The van der Waals surface area contributed by atoms with Crippen molar-refractivity contribution in [2.24, 2.45) is 11.7 Å². The molecule has 0 aromatic heterocycles. The van der Waals surface area contributed by atoms with Gasteiger partial charge < -0.3 is 15.6 Å². The zero-order valence-corrected chi connectivity index (χ0v) is 10.9. The van der Waals surface area contributed by atoms with Crippen molar-refractivity contribution < 1.29 is 9.84 Å². The van der Waals surface area contributed by atoms with Crippen molar-refractivity contribution in [2.75, 3.05) is 13.2 Å². The largest absolute Gasteiger partial charge is 0.493 e. The minimum atomic E-state index is -0.428. The number of hydrogen-bond acceptors (Lipinski definition) is 3. The van der Waals surface area contributed by atoms with Crippen molar-refractivity contribution in [3.8, 4) is 5.75 Å². The van der Waals surface area contributed by atoms with Gasteiger partial charge in [-0.2, -0.15) is 0 Å². The second-order valence-electron chi connectivity index (χ2n) is 4.86. The Morgan fingerprint density at radius 3 is 2.18 bits per heavy atom. The summed E-state index contributed by atoms with van der Waals surface area (Å²) in [5.41, 5.74) is 6.71. The van der Waals surface area contributed by atoms with Crippen LogP contribution in [0.15, 0.2) is 24.3 Å². The van der Waals surface area contributed by atoms with Gasteiger partial charge in [0.05, 0.1) is 12.7 Å². The summed E-state index contributed by atoms with van der Waals surface area (Å²) in [5, 5.41) is 9.60. The average molecular weight is 237 g/mol. The maximum absolute atomic E-state index is 9.60. The van der Waals surface area contributed by atoms with Crippen molar-refractivity contribution in [3.05, 3.63) is 29.8 Å². The number of ether oxygens (including phenoxy) is 1. The Kier molecular flexibility index (Phi) is 5.45. The van der Waals surface area contributed by atoms with E-state index in [2.05, 4.69) is 13.8 Å². The lowest BCUT2D eigenvalue weighted by atomic mass is 9.94. The highest BCUT2D eigenvalue weighted by atomic mass is 16.5. The molecule has 0 heterocycles. The summed E-state index contributed by atoms with van der Waals surface area (Å²) in [5.74, 6) is 1.38. The number of rotatable bonds is 6. The molecule has 0 amide bonds. The molecule has 2 unspecified atom stereocenters. The first-order valence-electron chi connectivity index (χ1n) is 6.15. The van der Waals surface area contributed by atoms with Crippen LogP contribution in [0.3, 0.4) is 0 Å². The maximum atomic E-state index is 9.60. The Hall–Kier alpha value is -1.06. The van der Waals surface area contributed by atoms with E-state index in [1.54, 1.807) is 6.92 Å². The zero-order chi connectivity index (χ0) is 12.8. The van der Waals surface area contributed by atoms with Crippen molar-refractivity contribution in [3.63, 3.8) is 0 Å². The lowest BCUT2D eigenvalue weighted by Crippen LogP contribution is -2.23. The third-order valence-corrected chi connectivity index (χ3v) is 2.73. The lowest BCUT2D eigenvalue weighted by Gasteiger charge is -2.18. The molecule has 1 aromatic carbocycles. The molecular weight excluding hydrogens is 214 g/mol. The number of aliphatic hydroxyl groups is 1. The van der Waals surface area contributed by atoms with Gasteiger partial charge in [0, 0.05) is 12.5 Å². The maximum Gasteiger partial charge on any atom is 0.119 e. The van der Waals surface area contributed by atoms with E-state index in [0.717, 1.165) is 17.9 Å². The van der Waals surface area contributed by atoms with Crippen molar-refractivity contribution in [1.29, 1.82) is 0 Å². The van der Waals surface area contributed by atoms with Gasteiger partial charge in [-0.25, -0.2) is 0 Å². The van der Waals surface area contributed by atoms with E-state index in [1.165, 1.54) is 0 Å². The highest BCUT2D eigenvalue weighted by molar-refractivity contribution is 5.30. The summed E-state index contributed by atoms with van der Waals surface area (Å²) in [6.07, 6.45) is -0.428. The van der Waals surface area contributed by atoms with Crippen LogP contribution in [0.25, 0.3) is 0 Å². The molecule has 1 aromatic rings. The molecule has 0 saturated heterocycles. The topological polar surface area (TPSA) is 55.5 Å². The van der Waals surface area contributed by atoms with E-state index in [0.29, 0.717) is 12.5 Å². The van der Waals surface area contributed by atoms with Crippen molar-refractivity contribution in [2.45, 2.75) is 32.8 Å². The molecule has 3 N–H and O–H groups in total. The second-order valence-corrected chi connectivity index (χ2v) is 4.86. The number of benzene rings is 1. The molecule has 0 bridgehead atoms. The van der Waals surface area contributed by atoms with Gasteiger partial charge in [-0.3, -0.25) is 0 Å². The fraction of sp³-hybridized carbons (Fsp3) is 0.571. The predicted octanol–water partition coefficient (Wildman–Crippen LogP) is 2.14. The van der Waals surface area contributed by atoms with Crippen LogP contribution in [0.2, 0.25) is 0 Å². The smallest absolute Gasteiger partial charge is 0.119 e. The number of nitrogens with two attached hydrogens (primary N) is 1. The Balaban J connectivity index is 2.66. The highest BCUT2D eigenvalue weighted by Crippen LogP contribution is 2.21. The zero-order valence-electron chi connectivity index (χ0n) is 10.9. The molecule has 0 aliphatic rings. The van der Waals surface area contributed by atoms with Crippen LogP contribution in [0, 0.1) is 5.92 Å². The fourth-order valence-corrected chi connectivity index (χ4v) is 1.69. The standard InChI is InChI=1S/C14H23NO2/c1-10(2)9-17-13-6-4-12(5-7-13)14(8-15)11(3)16/h4-7,10-11,14,16H,8-9,15H2,1-3H3. The molecular formula is C14H23NO2. The molecule has 3 heteroatoms. The van der Waals surface area contributed by atoms with Crippen LogP contribution in [-0.4, -0.2) is 24.4 Å². The van der Waals surface area contributed by atoms with Crippen molar-refractivity contribution in [1.82, 2.24) is 0 Å². The van der Waals surface area contributed by atoms with Crippen LogP contribution in [0.4, 0.5) is 0 Å². The summed E-state index contributed by atoms with van der Waals surface area (Å²) in [4.78, 5) is 0. The quantitative estimate of drug-likeness (QED) is 0.797. The third-order valence-electron chi connectivity index (χ3n) is 2.73. The van der Waals surface area contributed by atoms with Gasteiger partial charge in [0.2, 0.25) is 0 Å². The van der Waals surface area contributed by atoms with Gasteiger partial charge in [0.1, 0.15) is 5.75 Å². The molecule has 0 saturated carbocycles. The van der Waals surface area contributed by atoms with Gasteiger partial charge in [-0.15, -0.1) is 0 Å². The third kappa shape index (κ3) is 4.36. The number of hydrogen-bond donors (Lipinski definition) is 2. The minimum Gasteiger partial charge on any atom is -0.493 e. The normalized spacial score (nSPS) is 14.7. The van der Waals surface area contributed by atoms with E-state index in [9.17, 15) is 5.11 Å². The molecule has 1 rings (SSSR count). The van der Waals surface area contributed by atoms with Crippen LogP contribution in [0.5, 0.6) is 5.75 Å². The van der Waals surface area contributed by atoms with Gasteiger partial charge >= 0.3 is 0 Å². The van der Waals surface area contributed by atoms with E-state index in [1.807, 2.05) is 24.3 Å². The second kappa shape index (κ2) is 6.62. The molecule has 0 fully saturated rings. The Morgan fingerprint density at radius 2 is 1.76 bits per heavy atom. The molecule has 0 radical (unpaired) electrons. The monoisotopic (exact) mass is 237 g/mol. The van der Waals surface area contributed by atoms with Crippen LogP contribution in [-0.2, 0) is 0 Å².